The van der Waals surface area contributed by atoms with Crippen LogP contribution in [-0.4, -0.2) is 50.9 Å². The lowest BCUT2D eigenvalue weighted by molar-refractivity contribution is -0.746. The number of ether oxygens (including phenoxy) is 1. The number of aromatic amines is 1. The van der Waals surface area contributed by atoms with Crippen molar-refractivity contribution < 1.29 is 36.7 Å². The summed E-state index contributed by atoms with van der Waals surface area (Å²) in [5.41, 5.74) is -0.222. The van der Waals surface area contributed by atoms with Gasteiger partial charge in [0.05, 0.1) is 6.42 Å². The molecule has 2 amide bonds. The minimum Gasteiger partial charge on any atom is -0.406 e. The van der Waals surface area contributed by atoms with Gasteiger partial charge in [0.15, 0.2) is 12.2 Å². The molecule has 1 aromatic carbocycles. The van der Waals surface area contributed by atoms with E-state index in [4.69, 9.17) is 16.7 Å². The molecule has 10 nitrogen and oxygen atoms in total. The third-order valence-corrected chi connectivity index (χ3v) is 5.16. The van der Waals surface area contributed by atoms with Crippen LogP contribution in [0.2, 0.25) is 0 Å². The lowest BCUT2D eigenvalue weighted by Gasteiger charge is -2.21. The molecule has 0 bridgehead atoms. The topological polar surface area (TPSA) is 112 Å². The molecule has 0 aliphatic carbocycles. The highest BCUT2D eigenvalue weighted by molar-refractivity contribution is 7.80. The third kappa shape index (κ3) is 5.07. The minimum absolute atomic E-state index is 0.0647. The number of amides is 2. The summed E-state index contributed by atoms with van der Waals surface area (Å²) in [6.45, 7) is 1.94. The number of alkyl halides is 3. The quantitative estimate of drug-likeness (QED) is 0.456. The van der Waals surface area contributed by atoms with E-state index in [0.29, 0.717) is 0 Å². The number of aromatic nitrogens is 2. The Morgan fingerprint density at radius 1 is 1.31 bits per heavy atom. The molecule has 0 saturated carbocycles. The first kappa shape index (κ1) is 23.2. The molecule has 1 aliphatic heterocycles. The fourth-order valence-electron chi connectivity index (χ4n) is 3.18. The van der Waals surface area contributed by atoms with Crippen molar-refractivity contribution in [2.75, 3.05) is 11.9 Å². The maximum atomic E-state index is 12.8. The van der Waals surface area contributed by atoms with Crippen molar-refractivity contribution in [3.63, 3.8) is 0 Å². The molecule has 172 valence electrons. The Hall–Kier alpha value is -3.42. The second-order valence-electron chi connectivity index (χ2n) is 6.82. The van der Waals surface area contributed by atoms with E-state index in [1.807, 2.05) is 0 Å². The van der Waals surface area contributed by atoms with Crippen molar-refractivity contribution in [2.24, 2.45) is 7.05 Å². The number of H-pyrrole nitrogens is 1. The number of nitrogens with one attached hydrogen (secondary N) is 2. The SMILES string of the molecule is CCN1C(=O)C(CC(=O)Nc2ccc(OC(F)(F)F)cc2)N(Cc2c(=O)o[nH][n+]2C)C1=S. The first-order valence-electron chi connectivity index (χ1n) is 9.34. The zero-order valence-corrected chi connectivity index (χ0v) is 17.7. The number of likely N-dealkylation sites (N-methyl/N-ethyl adjacent to an activating group) is 1. The highest BCUT2D eigenvalue weighted by Gasteiger charge is 2.44. The summed E-state index contributed by atoms with van der Waals surface area (Å²) in [5.74, 6) is -1.40. The zero-order valence-electron chi connectivity index (χ0n) is 16.9. The van der Waals surface area contributed by atoms with Gasteiger partial charge in [-0.25, -0.2) is 4.79 Å². The number of rotatable bonds is 7. The smallest absolute Gasteiger partial charge is 0.406 e. The van der Waals surface area contributed by atoms with Gasteiger partial charge in [-0.2, -0.15) is 0 Å². The summed E-state index contributed by atoms with van der Waals surface area (Å²) in [4.78, 5) is 40.0. The number of carbonyl (C=O) groups excluding carboxylic acids is 2. The first-order chi connectivity index (χ1) is 15.0. The van der Waals surface area contributed by atoms with E-state index in [1.165, 1.54) is 26.6 Å². The highest BCUT2D eigenvalue weighted by Crippen LogP contribution is 2.25. The number of hydrogen-bond acceptors (Lipinski definition) is 6. The van der Waals surface area contributed by atoms with Gasteiger partial charge in [-0.15, -0.1) is 13.2 Å². The molecule has 2 aromatic rings. The van der Waals surface area contributed by atoms with Gasteiger partial charge in [-0.3, -0.25) is 19.0 Å². The number of halogens is 3. The van der Waals surface area contributed by atoms with Gasteiger partial charge >= 0.3 is 17.7 Å². The number of anilines is 1. The summed E-state index contributed by atoms with van der Waals surface area (Å²) in [6, 6.07) is 3.61. The Morgan fingerprint density at radius 3 is 2.50 bits per heavy atom. The molecule has 0 radical (unpaired) electrons. The van der Waals surface area contributed by atoms with Crippen LogP contribution in [0.1, 0.15) is 19.0 Å². The minimum atomic E-state index is -4.83. The maximum Gasteiger partial charge on any atom is 0.573 e. The van der Waals surface area contributed by atoms with Crippen LogP contribution in [0.5, 0.6) is 5.75 Å². The third-order valence-electron chi connectivity index (χ3n) is 4.71. The summed E-state index contributed by atoms with van der Waals surface area (Å²) < 4.78 is 46.6. The van der Waals surface area contributed by atoms with Gasteiger partial charge < -0.3 is 15.0 Å². The van der Waals surface area contributed by atoms with E-state index >= 15 is 0 Å². The number of aryl methyl sites for hydroxylation is 1. The number of thiocarbonyl (C=S) groups is 1. The Kier molecular flexibility index (Phi) is 6.52. The van der Waals surface area contributed by atoms with Gasteiger partial charge in [0.25, 0.3) is 5.91 Å². The van der Waals surface area contributed by atoms with E-state index < -0.39 is 35.6 Å². The molecule has 32 heavy (non-hydrogen) atoms. The normalized spacial score (nSPS) is 16.6. The number of benzene rings is 1. The molecule has 2 heterocycles. The molecule has 1 fully saturated rings. The van der Waals surface area contributed by atoms with E-state index in [1.54, 1.807) is 14.0 Å². The van der Waals surface area contributed by atoms with Crippen molar-refractivity contribution in [3.8, 4) is 5.75 Å². The maximum absolute atomic E-state index is 12.8. The molecular weight excluding hydrogens is 455 g/mol. The zero-order chi connectivity index (χ0) is 23.6. The van der Waals surface area contributed by atoms with Crippen molar-refractivity contribution in [1.82, 2.24) is 15.1 Å². The van der Waals surface area contributed by atoms with Gasteiger partial charge in [-0.05, 0) is 48.7 Å². The number of nitrogens with zero attached hydrogens (tertiary/aromatic N) is 3. The fourth-order valence-corrected chi connectivity index (χ4v) is 3.59. The van der Waals surface area contributed by atoms with Crippen LogP contribution in [0.15, 0.2) is 33.6 Å². The Bertz CT molecular complexity index is 1080. The summed E-state index contributed by atoms with van der Waals surface area (Å²) >= 11 is 5.36. The van der Waals surface area contributed by atoms with Gasteiger partial charge in [0, 0.05) is 12.2 Å². The molecular formula is C18H19F3N5O5S+. The van der Waals surface area contributed by atoms with Crippen LogP contribution in [0.25, 0.3) is 0 Å². The lowest BCUT2D eigenvalue weighted by Crippen LogP contribution is -2.44. The second-order valence-corrected chi connectivity index (χ2v) is 7.18. The molecule has 2 N–H and O–H groups in total. The first-order valence-corrected chi connectivity index (χ1v) is 9.75. The number of hydrogen-bond donors (Lipinski definition) is 2. The molecule has 1 aliphatic rings. The van der Waals surface area contributed by atoms with E-state index in [-0.39, 0.29) is 36.0 Å². The van der Waals surface area contributed by atoms with E-state index in [2.05, 4.69) is 15.3 Å². The average Bonchev–Trinajstić information content (AvgIpc) is 3.13. The van der Waals surface area contributed by atoms with Crippen LogP contribution in [0.3, 0.4) is 0 Å². The second kappa shape index (κ2) is 8.98. The molecule has 1 saturated heterocycles. The predicted molar refractivity (Wildman–Crippen MR) is 106 cm³/mol. The van der Waals surface area contributed by atoms with Crippen LogP contribution in [0.4, 0.5) is 18.9 Å². The van der Waals surface area contributed by atoms with Gasteiger partial charge in [-0.1, -0.05) is 4.68 Å². The Morgan fingerprint density at radius 2 is 1.97 bits per heavy atom. The standard InChI is InChI=1S/C18H18F3N5O5S/c1-3-25-15(28)12(26(17(25)32)9-13-16(29)31-23-24(13)2)8-14(27)22-10-4-6-11(7-5-10)30-18(19,20)21/h4-7,12H,3,8-9H2,1-2H3,(H-,22,23,27,29)/p+1. The number of carbonyl (C=O) groups is 2. The summed E-state index contributed by atoms with van der Waals surface area (Å²) in [7, 11) is 1.55. The monoisotopic (exact) mass is 474 g/mol. The molecule has 1 atom stereocenters. The predicted octanol–water partition coefficient (Wildman–Crippen LogP) is 1.04. The van der Waals surface area contributed by atoms with E-state index in [9.17, 15) is 27.6 Å². The van der Waals surface area contributed by atoms with Crippen LogP contribution in [-0.2, 0) is 23.2 Å². The van der Waals surface area contributed by atoms with Crippen LogP contribution >= 0.6 is 12.2 Å². The van der Waals surface area contributed by atoms with E-state index in [0.717, 1.165) is 12.1 Å². The Labute approximate surface area is 184 Å². The van der Waals surface area contributed by atoms with Crippen molar-refractivity contribution in [1.29, 1.82) is 0 Å². The van der Waals surface area contributed by atoms with Crippen molar-refractivity contribution in [2.45, 2.75) is 32.3 Å². The lowest BCUT2D eigenvalue weighted by atomic mass is 10.1. The Balaban J connectivity index is 1.72. The molecule has 3 rings (SSSR count). The van der Waals surface area contributed by atoms with Gasteiger partial charge in [0.1, 0.15) is 18.3 Å². The van der Waals surface area contributed by atoms with Crippen LogP contribution < -0.4 is 20.4 Å². The average molecular weight is 474 g/mol. The van der Waals surface area contributed by atoms with Gasteiger partial charge in [0.2, 0.25) is 5.91 Å². The molecule has 1 unspecified atom stereocenters. The molecule has 0 spiro atoms. The largest absolute Gasteiger partial charge is 0.573 e. The van der Waals surface area contributed by atoms with Crippen LogP contribution in [0, 0.1) is 0 Å². The molecule has 1 aromatic heterocycles. The van der Waals surface area contributed by atoms with Crippen molar-refractivity contribution in [3.05, 3.63) is 40.4 Å². The highest BCUT2D eigenvalue weighted by atomic mass is 32.1. The fraction of sp³-hybridized carbons (Fsp3) is 0.389. The van der Waals surface area contributed by atoms with Crippen molar-refractivity contribution >= 4 is 34.8 Å². The molecule has 14 heteroatoms. The summed E-state index contributed by atoms with van der Waals surface area (Å²) in [5, 5.41) is 5.06. The summed E-state index contributed by atoms with van der Waals surface area (Å²) in [6.07, 6.45) is -5.12.